The van der Waals surface area contributed by atoms with Gasteiger partial charge in [0.15, 0.2) is 0 Å². The number of rotatable bonds is 10. The monoisotopic (exact) mass is 472 g/mol. The molecule has 0 atom stereocenters. The molecule has 0 aliphatic heterocycles. The van der Waals surface area contributed by atoms with Gasteiger partial charge in [0.2, 0.25) is 0 Å². The summed E-state index contributed by atoms with van der Waals surface area (Å²) in [5, 5.41) is 0. The molecule has 0 radical (unpaired) electrons. The molecule has 2 rings (SSSR count). The molecule has 0 bridgehead atoms. The van der Waals surface area contributed by atoms with Crippen molar-refractivity contribution in [2.45, 2.75) is 19.8 Å². The molecule has 0 aromatic heterocycles. The first-order valence-electron chi connectivity index (χ1n) is 8.88. The van der Waals surface area contributed by atoms with E-state index in [-0.39, 0.29) is 0 Å². The van der Waals surface area contributed by atoms with Crippen LogP contribution in [0.25, 0.3) is 0 Å². The molecular formula is C21H30IPS. The van der Waals surface area contributed by atoms with Crippen LogP contribution in [0, 0.1) is 0 Å². The Hall–Kier alpha value is -0.0500. The van der Waals surface area contributed by atoms with Gasteiger partial charge in [-0.05, 0) is 0 Å². The topological polar surface area (TPSA) is 0 Å². The molecule has 2 aromatic carbocycles. The Morgan fingerprint density at radius 3 is 1.67 bits per heavy atom. The van der Waals surface area contributed by atoms with Crippen molar-refractivity contribution in [2.75, 3.05) is 36.7 Å². The van der Waals surface area contributed by atoms with Crippen LogP contribution in [0.3, 0.4) is 0 Å². The van der Waals surface area contributed by atoms with Gasteiger partial charge in [0, 0.05) is 0 Å². The van der Waals surface area contributed by atoms with E-state index >= 15 is 0 Å². The van der Waals surface area contributed by atoms with E-state index in [9.17, 15) is 0 Å². The zero-order chi connectivity index (χ0) is 17.3. The molecule has 0 saturated carbocycles. The minimum absolute atomic E-state index is 1.23. The summed E-state index contributed by atoms with van der Waals surface area (Å²) in [4.78, 5) is 0. The molecule has 0 saturated heterocycles. The Balaban J connectivity index is 2.04. The molecule has 0 aliphatic rings. The molecule has 0 spiro atoms. The van der Waals surface area contributed by atoms with Crippen molar-refractivity contribution in [1.82, 2.24) is 0 Å². The van der Waals surface area contributed by atoms with Crippen molar-refractivity contribution >= 4 is 38.0 Å². The minimum atomic E-state index is -1.69. The summed E-state index contributed by atoms with van der Waals surface area (Å²) in [6, 6.07) is 22.1. The zero-order valence-corrected chi connectivity index (χ0v) is 18.8. The molecule has 2 aromatic rings. The van der Waals surface area contributed by atoms with Crippen molar-refractivity contribution in [2.24, 2.45) is 0 Å². The number of hydrogen-bond acceptors (Lipinski definition) is 1. The van der Waals surface area contributed by atoms with E-state index in [0.717, 1.165) is 0 Å². The molecule has 0 fully saturated rings. The van der Waals surface area contributed by atoms with E-state index in [1.165, 1.54) is 54.0 Å². The SMILES string of the molecule is CCSCCP(C)(I)(CCc1ccccc1)CCc1ccccc1. The molecule has 24 heavy (non-hydrogen) atoms. The standard InChI is InChI=1S/C21H30IPS/c1-3-24-19-18-23(2,22,16-14-20-10-6-4-7-11-20)17-15-21-12-8-5-9-13-21/h4-13H,3,14-19H2,1-2H3. The van der Waals surface area contributed by atoms with E-state index in [2.05, 4.69) is 108 Å². The fourth-order valence-corrected chi connectivity index (χ4v) is 11.5. The number of benzene rings is 2. The second-order valence-electron chi connectivity index (χ2n) is 6.99. The molecule has 0 heterocycles. The second-order valence-corrected chi connectivity index (χ2v) is 23.1. The van der Waals surface area contributed by atoms with Crippen LogP contribution in [0.2, 0.25) is 0 Å². The van der Waals surface area contributed by atoms with Crippen molar-refractivity contribution in [3.05, 3.63) is 71.8 Å². The van der Waals surface area contributed by atoms with Gasteiger partial charge < -0.3 is 0 Å². The van der Waals surface area contributed by atoms with Gasteiger partial charge in [-0.1, -0.05) is 0 Å². The number of hydrogen-bond donors (Lipinski definition) is 0. The first-order chi connectivity index (χ1) is 11.5. The van der Waals surface area contributed by atoms with Crippen LogP contribution in [0.15, 0.2) is 60.7 Å². The van der Waals surface area contributed by atoms with Gasteiger partial charge in [-0.3, -0.25) is 0 Å². The van der Waals surface area contributed by atoms with E-state index in [4.69, 9.17) is 0 Å². The van der Waals surface area contributed by atoms with Crippen molar-refractivity contribution in [3.63, 3.8) is 0 Å². The van der Waals surface area contributed by atoms with Crippen molar-refractivity contribution in [1.29, 1.82) is 0 Å². The first kappa shape index (κ1) is 20.3. The van der Waals surface area contributed by atoms with Crippen LogP contribution in [0.5, 0.6) is 0 Å². The summed E-state index contributed by atoms with van der Waals surface area (Å²) in [7, 11) is 0. The third-order valence-corrected chi connectivity index (χ3v) is 14.8. The van der Waals surface area contributed by atoms with E-state index in [1.807, 2.05) is 0 Å². The van der Waals surface area contributed by atoms with Crippen LogP contribution >= 0.6 is 38.0 Å². The van der Waals surface area contributed by atoms with Gasteiger partial charge in [-0.25, -0.2) is 0 Å². The summed E-state index contributed by atoms with van der Waals surface area (Å²) < 4.78 is -1.69. The summed E-state index contributed by atoms with van der Waals surface area (Å²) in [6.45, 7) is 4.91. The van der Waals surface area contributed by atoms with E-state index < -0.39 is 4.25 Å². The van der Waals surface area contributed by atoms with Gasteiger partial charge >= 0.3 is 166 Å². The molecule has 132 valence electrons. The van der Waals surface area contributed by atoms with E-state index in [1.54, 1.807) is 0 Å². The summed E-state index contributed by atoms with van der Waals surface area (Å²) in [6.07, 6.45) is 6.60. The maximum atomic E-state index is 2.92. The molecule has 0 nitrogen and oxygen atoms in total. The molecule has 0 N–H and O–H groups in total. The van der Waals surface area contributed by atoms with Crippen LogP contribution in [-0.2, 0) is 12.8 Å². The molecule has 3 heteroatoms. The average Bonchev–Trinajstić information content (AvgIpc) is 2.61. The molecule has 0 aliphatic carbocycles. The van der Waals surface area contributed by atoms with Crippen molar-refractivity contribution in [3.8, 4) is 0 Å². The Morgan fingerprint density at radius 1 is 0.792 bits per heavy atom. The van der Waals surface area contributed by atoms with Crippen LogP contribution in [-0.4, -0.2) is 36.7 Å². The normalized spacial score (nSPS) is 13.4. The van der Waals surface area contributed by atoms with Gasteiger partial charge in [-0.2, -0.15) is 0 Å². The predicted octanol–water partition coefficient (Wildman–Crippen LogP) is 6.76. The Kier molecular flexibility index (Phi) is 8.10. The van der Waals surface area contributed by atoms with Gasteiger partial charge in [0.25, 0.3) is 0 Å². The van der Waals surface area contributed by atoms with Crippen LogP contribution in [0.1, 0.15) is 18.1 Å². The zero-order valence-electron chi connectivity index (χ0n) is 15.0. The Morgan fingerprint density at radius 2 is 1.25 bits per heavy atom. The van der Waals surface area contributed by atoms with Crippen molar-refractivity contribution < 1.29 is 0 Å². The summed E-state index contributed by atoms with van der Waals surface area (Å²) in [5.41, 5.74) is 2.99. The maximum absolute atomic E-state index is 2.92. The predicted molar refractivity (Wildman–Crippen MR) is 125 cm³/mol. The molecule has 0 amide bonds. The average molecular weight is 472 g/mol. The number of thioether (sulfide) groups is 1. The fourth-order valence-electron chi connectivity index (χ4n) is 2.97. The third kappa shape index (κ3) is 7.06. The Labute approximate surface area is 165 Å². The second kappa shape index (κ2) is 9.59. The summed E-state index contributed by atoms with van der Waals surface area (Å²) in [5.74, 6) is 2.55. The quantitative estimate of drug-likeness (QED) is 0.209. The Bertz CT molecular complexity index is 550. The van der Waals surface area contributed by atoms with Gasteiger partial charge in [0.1, 0.15) is 0 Å². The van der Waals surface area contributed by atoms with Crippen LogP contribution in [0.4, 0.5) is 0 Å². The van der Waals surface area contributed by atoms with E-state index in [0.29, 0.717) is 0 Å². The van der Waals surface area contributed by atoms with Crippen LogP contribution < -0.4 is 0 Å². The third-order valence-electron chi connectivity index (χ3n) is 4.80. The van der Waals surface area contributed by atoms with Gasteiger partial charge in [0.05, 0.1) is 0 Å². The molecule has 0 unspecified atom stereocenters. The van der Waals surface area contributed by atoms with Gasteiger partial charge in [-0.15, -0.1) is 0 Å². The molecular weight excluding hydrogens is 442 g/mol. The summed E-state index contributed by atoms with van der Waals surface area (Å²) >= 11 is 5.02. The number of halogens is 1. The first-order valence-corrected chi connectivity index (χ1v) is 16.1. The number of aryl methyl sites for hydroxylation is 2. The fraction of sp³-hybridized carbons (Fsp3) is 0.429.